The number of esters is 1. The van der Waals surface area contributed by atoms with Crippen molar-refractivity contribution in [1.29, 1.82) is 0 Å². The number of carbonyl (C=O) groups excluding carboxylic acids is 1. The molecular weight excluding hydrogens is 410 g/mol. The Kier molecular flexibility index (Phi) is 4.92. The van der Waals surface area contributed by atoms with Gasteiger partial charge in [0.25, 0.3) is 0 Å². The molecule has 4 N–H and O–H groups in total. The van der Waals surface area contributed by atoms with Crippen molar-refractivity contribution in [1.82, 2.24) is 0 Å². The molecule has 25 heavy (non-hydrogen) atoms. The zero-order valence-corrected chi connectivity index (χ0v) is 16.1. The summed E-state index contributed by atoms with van der Waals surface area (Å²) in [5.41, 5.74) is 12.3. The Bertz CT molecular complexity index is 774. The van der Waals surface area contributed by atoms with Gasteiger partial charge in [0.2, 0.25) is 11.9 Å². The third-order valence-electron chi connectivity index (χ3n) is 4.51. The number of anilines is 1. The Morgan fingerprint density at radius 1 is 1.32 bits per heavy atom. The van der Waals surface area contributed by atoms with E-state index in [0.717, 1.165) is 32.1 Å². The Balaban J connectivity index is 2.23. The van der Waals surface area contributed by atoms with E-state index in [-0.39, 0.29) is 11.9 Å². The summed E-state index contributed by atoms with van der Waals surface area (Å²) in [4.78, 5) is 22.9. The molecule has 2 aliphatic rings. The number of halogens is 2. The first-order chi connectivity index (χ1) is 11.9. The highest BCUT2D eigenvalue weighted by molar-refractivity contribution is 9.10. The molecule has 0 bridgehead atoms. The molecule has 0 atom stereocenters. The predicted molar refractivity (Wildman–Crippen MR) is 102 cm³/mol. The highest BCUT2D eigenvalue weighted by Gasteiger charge is 2.44. The molecular formula is C16H19BrClN5O2. The Hall–Kier alpha value is -1.80. The molecule has 1 saturated carbocycles. The summed E-state index contributed by atoms with van der Waals surface area (Å²) in [5.74, 6) is -0.164. The number of ether oxygens (including phenoxy) is 1. The van der Waals surface area contributed by atoms with Crippen LogP contribution >= 0.6 is 27.5 Å². The number of benzene rings is 1. The summed E-state index contributed by atoms with van der Waals surface area (Å²) in [6.45, 7) is 0. The monoisotopic (exact) mass is 427 g/mol. The summed E-state index contributed by atoms with van der Waals surface area (Å²) in [6.07, 6.45) is 4.62. The number of nitrogens with two attached hydrogens (primary N) is 2. The van der Waals surface area contributed by atoms with Crippen LogP contribution < -0.4 is 16.4 Å². The number of carbonyl (C=O) groups is 1. The van der Waals surface area contributed by atoms with Crippen LogP contribution in [-0.2, 0) is 4.74 Å². The fourth-order valence-electron chi connectivity index (χ4n) is 3.50. The van der Waals surface area contributed by atoms with E-state index >= 15 is 0 Å². The third-order valence-corrected chi connectivity index (χ3v) is 5.33. The summed E-state index contributed by atoms with van der Waals surface area (Å²) in [7, 11) is 1.32. The fraction of sp³-hybridized carbons (Fsp3) is 0.438. The average molecular weight is 429 g/mol. The third kappa shape index (κ3) is 3.20. The first-order valence-electron chi connectivity index (χ1n) is 7.95. The van der Waals surface area contributed by atoms with Gasteiger partial charge in [0.05, 0.1) is 18.4 Å². The molecule has 1 fully saturated rings. The van der Waals surface area contributed by atoms with Crippen molar-refractivity contribution < 1.29 is 9.53 Å². The molecule has 1 aromatic carbocycles. The largest absolute Gasteiger partial charge is 0.465 e. The van der Waals surface area contributed by atoms with Gasteiger partial charge in [-0.15, -0.1) is 0 Å². The number of hydrogen-bond donors (Lipinski definition) is 2. The molecule has 0 saturated heterocycles. The molecule has 1 spiro atoms. The summed E-state index contributed by atoms with van der Waals surface area (Å²) < 4.78 is 5.53. The minimum atomic E-state index is -0.659. The molecule has 134 valence electrons. The summed E-state index contributed by atoms with van der Waals surface area (Å²) in [5, 5.41) is 0.407. The Labute approximate surface area is 159 Å². The minimum Gasteiger partial charge on any atom is -0.465 e. The molecule has 9 heteroatoms. The maximum absolute atomic E-state index is 12.4. The topological polar surface area (TPSA) is 106 Å². The van der Waals surface area contributed by atoms with E-state index in [9.17, 15) is 4.79 Å². The molecule has 0 aromatic heterocycles. The van der Waals surface area contributed by atoms with E-state index in [4.69, 9.17) is 27.8 Å². The average Bonchev–Trinajstić information content (AvgIpc) is 2.55. The summed E-state index contributed by atoms with van der Waals surface area (Å²) >= 11 is 9.63. The number of nitrogens with zero attached hydrogens (tertiary/aromatic N) is 3. The first-order valence-corrected chi connectivity index (χ1v) is 9.12. The zero-order valence-electron chi connectivity index (χ0n) is 13.8. The molecule has 0 amide bonds. The molecule has 1 aliphatic heterocycles. The fourth-order valence-corrected chi connectivity index (χ4v) is 4.49. The van der Waals surface area contributed by atoms with Crippen LogP contribution in [0, 0.1) is 0 Å². The van der Waals surface area contributed by atoms with E-state index in [1.807, 2.05) is 0 Å². The van der Waals surface area contributed by atoms with E-state index in [1.54, 1.807) is 17.0 Å². The quantitative estimate of drug-likeness (QED) is 0.704. The second kappa shape index (κ2) is 6.84. The molecule has 1 heterocycles. The van der Waals surface area contributed by atoms with Gasteiger partial charge in [0, 0.05) is 9.50 Å². The zero-order chi connectivity index (χ0) is 18.2. The number of rotatable bonds is 2. The SMILES string of the molecule is COC(=O)c1cc(Cl)cc(Br)c1N1C(N)=NC(N)=NC12CCCCC2. The lowest BCUT2D eigenvalue weighted by Crippen LogP contribution is -2.58. The van der Waals surface area contributed by atoms with Crippen molar-refractivity contribution in [2.45, 2.75) is 37.8 Å². The number of aliphatic imine (C=N–C) groups is 2. The lowest BCUT2D eigenvalue weighted by molar-refractivity contribution is 0.0601. The van der Waals surface area contributed by atoms with Gasteiger partial charge in [-0.3, -0.25) is 4.90 Å². The highest BCUT2D eigenvalue weighted by atomic mass is 79.9. The van der Waals surface area contributed by atoms with E-state index in [0.29, 0.717) is 20.7 Å². The van der Waals surface area contributed by atoms with Crippen LogP contribution in [0.2, 0.25) is 5.02 Å². The highest BCUT2D eigenvalue weighted by Crippen LogP contribution is 2.44. The maximum Gasteiger partial charge on any atom is 0.340 e. The maximum atomic E-state index is 12.4. The lowest BCUT2D eigenvalue weighted by Gasteiger charge is -2.46. The Morgan fingerprint density at radius 2 is 2.00 bits per heavy atom. The number of methoxy groups -OCH3 is 1. The second-order valence-electron chi connectivity index (χ2n) is 6.09. The van der Waals surface area contributed by atoms with E-state index < -0.39 is 11.6 Å². The van der Waals surface area contributed by atoms with Gasteiger partial charge in [-0.2, -0.15) is 4.99 Å². The first kappa shape index (κ1) is 18.0. The van der Waals surface area contributed by atoms with Crippen molar-refractivity contribution in [3.8, 4) is 0 Å². The standard InChI is InChI=1S/C16H19BrClN5O2/c1-25-13(24)10-7-9(18)8-11(17)12(10)23-15(20)21-14(19)22-16(23)5-3-2-4-6-16/h7-8H,2-6H2,1H3,(H4,19,20,21,22). The van der Waals surface area contributed by atoms with Gasteiger partial charge in [0.1, 0.15) is 5.66 Å². The van der Waals surface area contributed by atoms with Crippen molar-refractivity contribution in [3.63, 3.8) is 0 Å². The van der Waals surface area contributed by atoms with Crippen LogP contribution in [0.15, 0.2) is 26.6 Å². The van der Waals surface area contributed by atoms with Gasteiger partial charge >= 0.3 is 5.97 Å². The smallest absolute Gasteiger partial charge is 0.340 e. The van der Waals surface area contributed by atoms with Gasteiger partial charge < -0.3 is 16.2 Å². The minimum absolute atomic E-state index is 0.153. The lowest BCUT2D eigenvalue weighted by atomic mass is 9.87. The molecule has 0 unspecified atom stereocenters. The van der Waals surface area contributed by atoms with Crippen LogP contribution in [0.1, 0.15) is 42.5 Å². The van der Waals surface area contributed by atoms with Crippen LogP contribution in [-0.4, -0.2) is 30.7 Å². The molecule has 0 radical (unpaired) electrons. The summed E-state index contributed by atoms with van der Waals surface area (Å²) in [6, 6.07) is 3.26. The molecule has 3 rings (SSSR count). The second-order valence-corrected chi connectivity index (χ2v) is 7.38. The van der Waals surface area contributed by atoms with Gasteiger partial charge in [-0.25, -0.2) is 9.79 Å². The van der Waals surface area contributed by atoms with Crippen LogP contribution in [0.3, 0.4) is 0 Å². The van der Waals surface area contributed by atoms with Gasteiger partial charge in [-0.05, 0) is 53.7 Å². The van der Waals surface area contributed by atoms with E-state index in [1.165, 1.54) is 7.11 Å². The number of hydrogen-bond acceptors (Lipinski definition) is 7. The van der Waals surface area contributed by atoms with Crippen LogP contribution in [0.5, 0.6) is 0 Å². The van der Waals surface area contributed by atoms with E-state index in [2.05, 4.69) is 25.9 Å². The van der Waals surface area contributed by atoms with Crippen molar-refractivity contribution in [2.75, 3.05) is 12.0 Å². The number of guanidine groups is 2. The van der Waals surface area contributed by atoms with Crippen LogP contribution in [0.25, 0.3) is 0 Å². The van der Waals surface area contributed by atoms with Crippen molar-refractivity contribution in [2.24, 2.45) is 21.5 Å². The normalized spacial score (nSPS) is 19.4. The molecule has 1 aliphatic carbocycles. The van der Waals surface area contributed by atoms with Crippen molar-refractivity contribution in [3.05, 3.63) is 27.2 Å². The van der Waals surface area contributed by atoms with Gasteiger partial charge in [0.15, 0.2) is 0 Å². The Morgan fingerprint density at radius 3 is 2.64 bits per heavy atom. The van der Waals surface area contributed by atoms with Crippen LogP contribution in [0.4, 0.5) is 5.69 Å². The molecule has 7 nitrogen and oxygen atoms in total. The molecule has 1 aromatic rings. The predicted octanol–water partition coefficient (Wildman–Crippen LogP) is 3.00. The van der Waals surface area contributed by atoms with Crippen molar-refractivity contribution >= 4 is 51.1 Å². The van der Waals surface area contributed by atoms with Gasteiger partial charge in [-0.1, -0.05) is 18.0 Å².